The van der Waals surface area contributed by atoms with Crippen LogP contribution in [0.5, 0.6) is 0 Å². The predicted molar refractivity (Wildman–Crippen MR) is 92.6 cm³/mol. The minimum atomic E-state index is -3.58. The Morgan fingerprint density at radius 3 is 2.57 bits per heavy atom. The van der Waals surface area contributed by atoms with E-state index in [1.807, 2.05) is 24.3 Å². The largest absolute Gasteiger partial charge is 0.348 e. The first-order valence-corrected chi connectivity index (χ1v) is 9.32. The fraction of sp³-hybridized carbons (Fsp3) is 0.188. The molecule has 0 unspecified atom stereocenters. The Bertz CT molecular complexity index is 806. The topological polar surface area (TPSA) is 75.3 Å². The summed E-state index contributed by atoms with van der Waals surface area (Å²) in [6, 6.07) is 13.6. The van der Waals surface area contributed by atoms with Gasteiger partial charge in [0.15, 0.2) is 0 Å². The van der Waals surface area contributed by atoms with E-state index in [1.165, 1.54) is 12.1 Å². The van der Waals surface area contributed by atoms with E-state index in [-0.39, 0.29) is 10.8 Å². The summed E-state index contributed by atoms with van der Waals surface area (Å²) in [7, 11) is -3.58. The zero-order valence-electron chi connectivity index (χ0n) is 12.5. The maximum Gasteiger partial charge on any atom is 0.251 e. The molecule has 122 valence electrons. The number of rotatable bonds is 6. The fourth-order valence-electron chi connectivity index (χ4n) is 2.01. The van der Waals surface area contributed by atoms with Crippen molar-refractivity contribution in [2.45, 2.75) is 18.4 Å². The van der Waals surface area contributed by atoms with Gasteiger partial charge in [0.25, 0.3) is 5.91 Å². The summed E-state index contributed by atoms with van der Waals surface area (Å²) in [6.07, 6.45) is 0. The molecule has 0 heterocycles. The minimum Gasteiger partial charge on any atom is -0.348 e. The highest BCUT2D eigenvalue weighted by Gasteiger charge is 2.15. The molecule has 0 bridgehead atoms. The molecule has 0 saturated heterocycles. The Morgan fingerprint density at radius 1 is 1.13 bits per heavy atom. The Balaban J connectivity index is 2.11. The smallest absolute Gasteiger partial charge is 0.251 e. The molecule has 0 aliphatic heterocycles. The summed E-state index contributed by atoms with van der Waals surface area (Å²) in [6.45, 7) is 2.36. The Labute approximate surface area is 144 Å². The van der Waals surface area contributed by atoms with Crippen LogP contribution in [0.4, 0.5) is 0 Å². The number of hydrogen-bond donors (Lipinski definition) is 2. The fourth-order valence-corrected chi connectivity index (χ4v) is 3.54. The van der Waals surface area contributed by atoms with Crippen LogP contribution in [0.2, 0.25) is 0 Å². The molecule has 2 aromatic carbocycles. The van der Waals surface area contributed by atoms with Gasteiger partial charge < -0.3 is 5.32 Å². The van der Waals surface area contributed by atoms with Crippen LogP contribution in [-0.4, -0.2) is 20.9 Å². The van der Waals surface area contributed by atoms with Crippen LogP contribution in [0.1, 0.15) is 22.8 Å². The third-order valence-electron chi connectivity index (χ3n) is 3.08. The lowest BCUT2D eigenvalue weighted by molar-refractivity contribution is 0.0950. The van der Waals surface area contributed by atoms with Gasteiger partial charge in [0.1, 0.15) is 0 Å². The molecule has 23 heavy (non-hydrogen) atoms. The molecule has 2 N–H and O–H groups in total. The van der Waals surface area contributed by atoms with Crippen LogP contribution in [0.25, 0.3) is 0 Å². The van der Waals surface area contributed by atoms with E-state index in [0.29, 0.717) is 18.7 Å². The van der Waals surface area contributed by atoms with Gasteiger partial charge in [-0.2, -0.15) is 0 Å². The molecular formula is C16H17BrN2O3S. The summed E-state index contributed by atoms with van der Waals surface area (Å²) in [5.41, 5.74) is 1.25. The highest BCUT2D eigenvalue weighted by Crippen LogP contribution is 2.13. The number of carbonyl (C=O) groups excluding carboxylic acids is 1. The number of nitrogens with one attached hydrogen (secondary N) is 2. The number of halogens is 1. The predicted octanol–water partition coefficient (Wildman–Crippen LogP) is 2.68. The molecule has 0 radical (unpaired) electrons. The van der Waals surface area contributed by atoms with Crippen LogP contribution in [0, 0.1) is 0 Å². The van der Waals surface area contributed by atoms with Crippen molar-refractivity contribution in [1.29, 1.82) is 0 Å². The maximum absolute atomic E-state index is 12.2. The molecule has 2 aromatic rings. The van der Waals surface area contributed by atoms with Crippen molar-refractivity contribution in [3.05, 3.63) is 64.1 Å². The molecule has 1 amide bonds. The molecule has 5 nitrogen and oxygen atoms in total. The quantitative estimate of drug-likeness (QED) is 0.787. The van der Waals surface area contributed by atoms with Crippen molar-refractivity contribution in [1.82, 2.24) is 10.0 Å². The van der Waals surface area contributed by atoms with E-state index in [4.69, 9.17) is 0 Å². The second kappa shape index (κ2) is 7.72. The van der Waals surface area contributed by atoms with Gasteiger partial charge in [-0.15, -0.1) is 0 Å². The van der Waals surface area contributed by atoms with Gasteiger partial charge in [0.2, 0.25) is 10.0 Å². The second-order valence-electron chi connectivity index (χ2n) is 4.84. The Kier molecular flexibility index (Phi) is 5.92. The average Bonchev–Trinajstić information content (AvgIpc) is 2.53. The molecule has 0 aliphatic carbocycles. The number of benzene rings is 2. The van der Waals surface area contributed by atoms with Crippen LogP contribution in [-0.2, 0) is 16.6 Å². The Morgan fingerprint density at radius 2 is 1.87 bits per heavy atom. The number of amides is 1. The normalized spacial score (nSPS) is 11.2. The van der Waals surface area contributed by atoms with Crippen molar-refractivity contribution < 1.29 is 13.2 Å². The van der Waals surface area contributed by atoms with Crippen LogP contribution in [0.3, 0.4) is 0 Å². The van der Waals surface area contributed by atoms with E-state index in [2.05, 4.69) is 26.0 Å². The SMILES string of the molecule is CCNS(=O)(=O)c1cccc(C(=O)NCc2cccc(Br)c2)c1. The van der Waals surface area contributed by atoms with Crippen molar-refractivity contribution in [3.63, 3.8) is 0 Å². The van der Waals surface area contributed by atoms with Crippen LogP contribution < -0.4 is 10.0 Å². The van der Waals surface area contributed by atoms with Gasteiger partial charge in [-0.05, 0) is 35.9 Å². The third-order valence-corrected chi connectivity index (χ3v) is 5.12. The van der Waals surface area contributed by atoms with Crippen molar-refractivity contribution in [3.8, 4) is 0 Å². The summed E-state index contributed by atoms with van der Waals surface area (Å²) in [5.74, 6) is -0.321. The van der Waals surface area contributed by atoms with Gasteiger partial charge in [-0.1, -0.05) is 41.1 Å². The molecule has 7 heteroatoms. The third kappa shape index (κ3) is 4.89. The zero-order valence-corrected chi connectivity index (χ0v) is 14.9. The monoisotopic (exact) mass is 396 g/mol. The van der Waals surface area contributed by atoms with E-state index in [0.717, 1.165) is 10.0 Å². The Hall–Kier alpha value is -1.70. The zero-order chi connectivity index (χ0) is 16.9. The molecule has 0 saturated carbocycles. The summed E-state index contributed by atoms with van der Waals surface area (Å²) in [4.78, 5) is 12.3. The molecule has 0 aromatic heterocycles. The lowest BCUT2D eigenvalue weighted by atomic mass is 10.2. The van der Waals surface area contributed by atoms with E-state index < -0.39 is 10.0 Å². The minimum absolute atomic E-state index is 0.0782. The summed E-state index contributed by atoms with van der Waals surface area (Å²) in [5, 5.41) is 2.78. The standard InChI is InChI=1S/C16H17BrN2O3S/c1-2-19-23(21,22)15-8-4-6-13(10-15)16(20)18-11-12-5-3-7-14(17)9-12/h3-10,19H,2,11H2,1H3,(H,18,20). The summed E-state index contributed by atoms with van der Waals surface area (Å²) >= 11 is 3.37. The molecule has 2 rings (SSSR count). The summed E-state index contributed by atoms with van der Waals surface area (Å²) < 4.78 is 27.3. The maximum atomic E-state index is 12.2. The highest BCUT2D eigenvalue weighted by atomic mass is 79.9. The molecule has 0 fully saturated rings. The number of hydrogen-bond acceptors (Lipinski definition) is 3. The van der Waals surface area contributed by atoms with Gasteiger partial charge in [-0.3, -0.25) is 4.79 Å². The van der Waals surface area contributed by atoms with E-state index in [9.17, 15) is 13.2 Å². The van der Waals surface area contributed by atoms with Crippen LogP contribution in [0.15, 0.2) is 57.9 Å². The van der Waals surface area contributed by atoms with Gasteiger partial charge >= 0.3 is 0 Å². The first kappa shape index (κ1) is 17.7. The first-order valence-electron chi connectivity index (χ1n) is 7.05. The molecule has 0 atom stereocenters. The van der Waals surface area contributed by atoms with Gasteiger partial charge in [0.05, 0.1) is 4.90 Å². The second-order valence-corrected chi connectivity index (χ2v) is 7.52. The first-order chi connectivity index (χ1) is 10.9. The van der Waals surface area contributed by atoms with Gasteiger partial charge in [0, 0.05) is 23.1 Å². The van der Waals surface area contributed by atoms with Crippen LogP contribution >= 0.6 is 15.9 Å². The number of carbonyl (C=O) groups is 1. The van der Waals surface area contributed by atoms with E-state index in [1.54, 1.807) is 19.1 Å². The van der Waals surface area contributed by atoms with E-state index >= 15 is 0 Å². The van der Waals surface area contributed by atoms with Crippen molar-refractivity contribution in [2.24, 2.45) is 0 Å². The lowest BCUT2D eigenvalue weighted by Crippen LogP contribution is -2.25. The highest BCUT2D eigenvalue weighted by molar-refractivity contribution is 9.10. The van der Waals surface area contributed by atoms with Gasteiger partial charge in [-0.25, -0.2) is 13.1 Å². The molecule has 0 spiro atoms. The number of sulfonamides is 1. The molecule has 0 aliphatic rings. The molecular weight excluding hydrogens is 380 g/mol. The average molecular weight is 397 g/mol. The van der Waals surface area contributed by atoms with Crippen molar-refractivity contribution in [2.75, 3.05) is 6.54 Å². The lowest BCUT2D eigenvalue weighted by Gasteiger charge is -2.08. The van der Waals surface area contributed by atoms with Crippen molar-refractivity contribution >= 4 is 31.9 Å².